The SMILES string of the molecule is CCC(CC)COC(=O)CCCCC(=O)OC. The highest BCUT2D eigenvalue weighted by Crippen LogP contribution is 2.09. The van der Waals surface area contributed by atoms with E-state index in [9.17, 15) is 9.59 Å². The molecule has 0 saturated heterocycles. The summed E-state index contributed by atoms with van der Waals surface area (Å²) >= 11 is 0. The van der Waals surface area contributed by atoms with Gasteiger partial charge in [0.1, 0.15) is 0 Å². The molecule has 0 spiro atoms. The van der Waals surface area contributed by atoms with Gasteiger partial charge < -0.3 is 9.47 Å². The van der Waals surface area contributed by atoms with Gasteiger partial charge in [0, 0.05) is 12.8 Å². The largest absolute Gasteiger partial charge is 0.469 e. The van der Waals surface area contributed by atoms with E-state index in [1.807, 2.05) is 0 Å². The zero-order valence-electron chi connectivity index (χ0n) is 11.2. The lowest BCUT2D eigenvalue weighted by Crippen LogP contribution is -2.13. The van der Waals surface area contributed by atoms with Crippen LogP contribution in [0.2, 0.25) is 0 Å². The number of rotatable bonds is 9. The number of hydrogen-bond acceptors (Lipinski definition) is 4. The fourth-order valence-electron chi connectivity index (χ4n) is 1.45. The van der Waals surface area contributed by atoms with Gasteiger partial charge in [0.2, 0.25) is 0 Å². The predicted octanol–water partition coefficient (Wildman–Crippen LogP) is 2.70. The van der Waals surface area contributed by atoms with Gasteiger partial charge in [0.25, 0.3) is 0 Å². The number of hydrogen-bond donors (Lipinski definition) is 0. The van der Waals surface area contributed by atoms with Crippen molar-refractivity contribution in [1.82, 2.24) is 0 Å². The van der Waals surface area contributed by atoms with Crippen LogP contribution >= 0.6 is 0 Å². The molecular formula is C13H24O4. The van der Waals surface area contributed by atoms with Crippen LogP contribution < -0.4 is 0 Å². The van der Waals surface area contributed by atoms with Gasteiger partial charge >= 0.3 is 11.9 Å². The second-order valence-corrected chi connectivity index (χ2v) is 4.15. The zero-order chi connectivity index (χ0) is 13.1. The smallest absolute Gasteiger partial charge is 0.305 e. The highest BCUT2D eigenvalue weighted by atomic mass is 16.5. The Balaban J connectivity index is 3.50. The van der Waals surface area contributed by atoms with Crippen molar-refractivity contribution in [3.05, 3.63) is 0 Å². The maximum absolute atomic E-state index is 11.4. The van der Waals surface area contributed by atoms with Crippen molar-refractivity contribution >= 4 is 11.9 Å². The molecule has 0 radical (unpaired) electrons. The molecule has 0 aromatic heterocycles. The molecule has 0 atom stereocenters. The molecule has 0 unspecified atom stereocenters. The molecule has 0 aromatic rings. The van der Waals surface area contributed by atoms with Crippen molar-refractivity contribution in [2.45, 2.75) is 52.4 Å². The summed E-state index contributed by atoms with van der Waals surface area (Å²) in [5, 5.41) is 0. The van der Waals surface area contributed by atoms with Crippen molar-refractivity contribution in [2.24, 2.45) is 5.92 Å². The van der Waals surface area contributed by atoms with Crippen LogP contribution in [0, 0.1) is 5.92 Å². The van der Waals surface area contributed by atoms with Crippen LogP contribution in [0.5, 0.6) is 0 Å². The topological polar surface area (TPSA) is 52.6 Å². The summed E-state index contributed by atoms with van der Waals surface area (Å²) in [5.74, 6) is 0.0752. The number of methoxy groups -OCH3 is 1. The summed E-state index contributed by atoms with van der Waals surface area (Å²) in [6.07, 6.45) is 4.18. The Kier molecular flexibility index (Phi) is 9.49. The van der Waals surface area contributed by atoms with Gasteiger partial charge in [-0.2, -0.15) is 0 Å². The third-order valence-corrected chi connectivity index (χ3v) is 2.87. The average Bonchev–Trinajstić information content (AvgIpc) is 2.35. The molecule has 0 bridgehead atoms. The van der Waals surface area contributed by atoms with Crippen molar-refractivity contribution in [2.75, 3.05) is 13.7 Å². The van der Waals surface area contributed by atoms with E-state index in [-0.39, 0.29) is 11.9 Å². The minimum absolute atomic E-state index is 0.165. The Morgan fingerprint density at radius 3 is 2.00 bits per heavy atom. The molecule has 0 rings (SSSR count). The van der Waals surface area contributed by atoms with Gasteiger partial charge in [-0.1, -0.05) is 26.7 Å². The number of ether oxygens (including phenoxy) is 2. The van der Waals surface area contributed by atoms with Gasteiger partial charge in [-0.3, -0.25) is 9.59 Å². The van der Waals surface area contributed by atoms with E-state index in [1.165, 1.54) is 7.11 Å². The van der Waals surface area contributed by atoms with Crippen molar-refractivity contribution in [1.29, 1.82) is 0 Å². The summed E-state index contributed by atoms with van der Waals surface area (Å²) < 4.78 is 9.67. The van der Waals surface area contributed by atoms with E-state index in [0.29, 0.717) is 38.2 Å². The van der Waals surface area contributed by atoms with E-state index in [0.717, 1.165) is 12.8 Å². The summed E-state index contributed by atoms with van der Waals surface area (Å²) in [5.41, 5.74) is 0. The van der Waals surface area contributed by atoms with Crippen molar-refractivity contribution in [3.8, 4) is 0 Å². The third kappa shape index (κ3) is 8.72. The highest BCUT2D eigenvalue weighted by Gasteiger charge is 2.08. The molecule has 0 fully saturated rings. The Morgan fingerprint density at radius 1 is 1.00 bits per heavy atom. The average molecular weight is 244 g/mol. The maximum atomic E-state index is 11.4. The lowest BCUT2D eigenvalue weighted by Gasteiger charge is -2.12. The number of esters is 2. The second-order valence-electron chi connectivity index (χ2n) is 4.15. The third-order valence-electron chi connectivity index (χ3n) is 2.87. The summed E-state index contributed by atoms with van der Waals surface area (Å²) in [6.45, 7) is 4.71. The fourth-order valence-corrected chi connectivity index (χ4v) is 1.45. The van der Waals surface area contributed by atoms with E-state index in [1.54, 1.807) is 0 Å². The molecule has 0 amide bonds. The first-order chi connectivity index (χ1) is 8.13. The number of carbonyl (C=O) groups excluding carboxylic acids is 2. The lowest BCUT2D eigenvalue weighted by atomic mass is 10.1. The molecule has 0 saturated carbocycles. The first-order valence-electron chi connectivity index (χ1n) is 6.36. The normalized spacial score (nSPS) is 10.4. The van der Waals surface area contributed by atoms with Gasteiger partial charge in [-0.15, -0.1) is 0 Å². The number of unbranched alkanes of at least 4 members (excludes halogenated alkanes) is 1. The Hall–Kier alpha value is -1.06. The van der Waals surface area contributed by atoms with Crippen LogP contribution in [0.1, 0.15) is 52.4 Å². The van der Waals surface area contributed by atoms with Crippen molar-refractivity contribution in [3.63, 3.8) is 0 Å². The van der Waals surface area contributed by atoms with Gasteiger partial charge in [0.15, 0.2) is 0 Å². The second kappa shape index (κ2) is 10.1. The first kappa shape index (κ1) is 15.9. The summed E-state index contributed by atoms with van der Waals surface area (Å²) in [7, 11) is 1.37. The molecule has 0 aliphatic heterocycles. The minimum Gasteiger partial charge on any atom is -0.469 e. The van der Waals surface area contributed by atoms with Crippen LogP contribution in [-0.4, -0.2) is 25.7 Å². The molecule has 17 heavy (non-hydrogen) atoms. The first-order valence-corrected chi connectivity index (χ1v) is 6.36. The molecule has 0 aliphatic rings. The van der Waals surface area contributed by atoms with Crippen molar-refractivity contribution < 1.29 is 19.1 Å². The van der Waals surface area contributed by atoms with E-state index in [2.05, 4.69) is 18.6 Å². The molecule has 0 N–H and O–H groups in total. The van der Waals surface area contributed by atoms with Crippen LogP contribution in [0.3, 0.4) is 0 Å². The highest BCUT2D eigenvalue weighted by molar-refractivity contribution is 5.70. The molecule has 100 valence electrons. The summed E-state index contributed by atoms with van der Waals surface area (Å²) in [4.78, 5) is 22.2. The number of carbonyl (C=O) groups is 2. The van der Waals surface area contributed by atoms with E-state index < -0.39 is 0 Å². The molecular weight excluding hydrogens is 220 g/mol. The Morgan fingerprint density at radius 2 is 1.53 bits per heavy atom. The van der Waals surface area contributed by atoms with Gasteiger partial charge in [0.05, 0.1) is 13.7 Å². The Labute approximate surface area is 104 Å². The standard InChI is InChI=1S/C13H24O4/c1-4-11(5-2)10-17-13(15)9-7-6-8-12(14)16-3/h11H,4-10H2,1-3H3. The molecule has 0 heterocycles. The maximum Gasteiger partial charge on any atom is 0.305 e. The van der Waals surface area contributed by atoms with E-state index >= 15 is 0 Å². The molecule has 4 heteroatoms. The van der Waals surface area contributed by atoms with Crippen LogP contribution in [0.15, 0.2) is 0 Å². The molecule has 0 aromatic carbocycles. The van der Waals surface area contributed by atoms with Gasteiger partial charge in [-0.25, -0.2) is 0 Å². The Bertz CT molecular complexity index is 221. The quantitative estimate of drug-likeness (QED) is 0.462. The minimum atomic E-state index is -0.226. The zero-order valence-corrected chi connectivity index (χ0v) is 11.2. The molecule has 0 aliphatic carbocycles. The van der Waals surface area contributed by atoms with Crippen LogP contribution in [-0.2, 0) is 19.1 Å². The fraction of sp³-hybridized carbons (Fsp3) is 0.846. The monoisotopic (exact) mass is 244 g/mol. The lowest BCUT2D eigenvalue weighted by molar-refractivity contribution is -0.146. The van der Waals surface area contributed by atoms with E-state index in [4.69, 9.17) is 4.74 Å². The van der Waals surface area contributed by atoms with Gasteiger partial charge in [-0.05, 0) is 18.8 Å². The predicted molar refractivity (Wildman–Crippen MR) is 65.5 cm³/mol. The summed E-state index contributed by atoms with van der Waals surface area (Å²) in [6, 6.07) is 0. The molecule has 4 nitrogen and oxygen atoms in total. The van der Waals surface area contributed by atoms with Crippen LogP contribution in [0.25, 0.3) is 0 Å². The van der Waals surface area contributed by atoms with Crippen LogP contribution in [0.4, 0.5) is 0 Å².